The van der Waals surface area contributed by atoms with Gasteiger partial charge >= 0.3 is 6.03 Å². The molecule has 1 unspecified atom stereocenters. The molecule has 1 aliphatic heterocycles. The molecule has 1 aromatic carbocycles. The van der Waals surface area contributed by atoms with Crippen molar-refractivity contribution in [3.8, 4) is 0 Å². The Morgan fingerprint density at radius 2 is 2.39 bits per heavy atom. The van der Waals surface area contributed by atoms with Crippen molar-refractivity contribution in [3.63, 3.8) is 0 Å². The summed E-state index contributed by atoms with van der Waals surface area (Å²) in [6, 6.07) is 4.29. The number of urea groups is 1. The Kier molecular flexibility index (Phi) is 3.81. The van der Waals surface area contributed by atoms with E-state index >= 15 is 0 Å². The molecule has 1 aliphatic rings. The van der Waals surface area contributed by atoms with E-state index in [0.29, 0.717) is 24.3 Å². The van der Waals surface area contributed by atoms with Gasteiger partial charge < -0.3 is 15.3 Å². The highest BCUT2D eigenvalue weighted by molar-refractivity contribution is 5.89. The number of likely N-dealkylation sites (tertiary alicyclic amines) is 1. The first-order valence-electron chi connectivity index (χ1n) is 6.03. The van der Waals surface area contributed by atoms with E-state index in [2.05, 4.69) is 5.32 Å². The molecule has 0 aromatic heterocycles. The van der Waals surface area contributed by atoms with Gasteiger partial charge in [0.05, 0.1) is 0 Å². The van der Waals surface area contributed by atoms with Gasteiger partial charge in [0, 0.05) is 31.3 Å². The minimum atomic E-state index is -0.283. The van der Waals surface area contributed by atoms with Gasteiger partial charge in [-0.15, -0.1) is 0 Å². The Morgan fingerprint density at radius 1 is 1.61 bits per heavy atom. The van der Waals surface area contributed by atoms with Crippen LogP contribution in [-0.4, -0.2) is 35.7 Å². The largest absolute Gasteiger partial charge is 0.396 e. The maximum Gasteiger partial charge on any atom is 0.321 e. The number of aliphatic hydroxyl groups is 1. The third-order valence-electron chi connectivity index (χ3n) is 3.24. The van der Waals surface area contributed by atoms with Crippen LogP contribution in [0.2, 0.25) is 0 Å². The molecule has 1 heterocycles. The molecule has 18 heavy (non-hydrogen) atoms. The number of nitrogens with one attached hydrogen (secondary N) is 1. The van der Waals surface area contributed by atoms with Gasteiger partial charge in [-0.05, 0) is 37.1 Å². The predicted molar refractivity (Wildman–Crippen MR) is 66.9 cm³/mol. The van der Waals surface area contributed by atoms with E-state index in [9.17, 15) is 9.18 Å². The lowest BCUT2D eigenvalue weighted by atomic mass is 10.1. The maximum absolute atomic E-state index is 13.1. The van der Waals surface area contributed by atoms with Gasteiger partial charge in [-0.25, -0.2) is 9.18 Å². The molecule has 1 atom stereocenters. The van der Waals surface area contributed by atoms with Crippen molar-refractivity contribution in [2.45, 2.75) is 13.3 Å². The monoisotopic (exact) mass is 252 g/mol. The highest BCUT2D eigenvalue weighted by atomic mass is 19.1. The molecule has 1 aromatic rings. The van der Waals surface area contributed by atoms with Crippen LogP contribution in [0, 0.1) is 18.7 Å². The van der Waals surface area contributed by atoms with Crippen LogP contribution in [0.4, 0.5) is 14.9 Å². The second-order valence-electron chi connectivity index (χ2n) is 4.68. The lowest BCUT2D eigenvalue weighted by Gasteiger charge is -2.17. The summed E-state index contributed by atoms with van der Waals surface area (Å²) in [6.07, 6.45) is 0.826. The Labute approximate surface area is 105 Å². The molecule has 1 fully saturated rings. The number of nitrogens with zero attached hydrogens (tertiary/aromatic N) is 1. The Balaban J connectivity index is 1.97. The fourth-order valence-corrected chi connectivity index (χ4v) is 2.09. The summed E-state index contributed by atoms with van der Waals surface area (Å²) in [4.78, 5) is 13.6. The fourth-order valence-electron chi connectivity index (χ4n) is 2.09. The Bertz CT molecular complexity index is 451. The van der Waals surface area contributed by atoms with Gasteiger partial charge in [0.25, 0.3) is 0 Å². The summed E-state index contributed by atoms with van der Waals surface area (Å²) in [5.41, 5.74) is 1.09. The first kappa shape index (κ1) is 12.8. The number of amides is 2. The summed E-state index contributed by atoms with van der Waals surface area (Å²) in [7, 11) is 0. The summed E-state index contributed by atoms with van der Waals surface area (Å²) in [5.74, 6) is -0.111. The summed E-state index contributed by atoms with van der Waals surface area (Å²) in [6.45, 7) is 2.99. The first-order chi connectivity index (χ1) is 8.60. The van der Waals surface area contributed by atoms with Crippen LogP contribution in [0.25, 0.3) is 0 Å². The number of carbonyl (C=O) groups is 1. The van der Waals surface area contributed by atoms with E-state index in [4.69, 9.17) is 5.11 Å². The predicted octanol–water partition coefficient (Wildman–Crippen LogP) is 1.98. The molecular formula is C13H17FN2O2. The van der Waals surface area contributed by atoms with E-state index in [1.165, 1.54) is 6.07 Å². The van der Waals surface area contributed by atoms with Crippen LogP contribution in [0.5, 0.6) is 0 Å². The van der Waals surface area contributed by atoms with Crippen molar-refractivity contribution in [3.05, 3.63) is 29.6 Å². The van der Waals surface area contributed by atoms with Crippen molar-refractivity contribution in [1.29, 1.82) is 0 Å². The van der Waals surface area contributed by atoms with Crippen molar-refractivity contribution < 1.29 is 14.3 Å². The molecule has 0 bridgehead atoms. The van der Waals surface area contributed by atoms with E-state index in [1.807, 2.05) is 0 Å². The van der Waals surface area contributed by atoms with Gasteiger partial charge in [-0.2, -0.15) is 0 Å². The maximum atomic E-state index is 13.1. The van der Waals surface area contributed by atoms with Crippen LogP contribution in [0.3, 0.4) is 0 Å². The number of benzene rings is 1. The second kappa shape index (κ2) is 5.35. The molecule has 2 rings (SSSR count). The quantitative estimate of drug-likeness (QED) is 0.845. The highest BCUT2D eigenvalue weighted by Gasteiger charge is 2.25. The smallest absolute Gasteiger partial charge is 0.321 e. The number of aryl methyl sites for hydroxylation is 1. The van der Waals surface area contributed by atoms with E-state index in [0.717, 1.165) is 6.42 Å². The molecule has 0 spiro atoms. The zero-order chi connectivity index (χ0) is 13.1. The van der Waals surface area contributed by atoms with Crippen molar-refractivity contribution in [2.75, 3.05) is 25.0 Å². The topological polar surface area (TPSA) is 52.6 Å². The normalized spacial score (nSPS) is 19.1. The third-order valence-corrected chi connectivity index (χ3v) is 3.24. The van der Waals surface area contributed by atoms with Gasteiger partial charge in [-0.1, -0.05) is 0 Å². The Morgan fingerprint density at radius 3 is 3.00 bits per heavy atom. The molecule has 0 radical (unpaired) electrons. The molecule has 4 nitrogen and oxygen atoms in total. The lowest BCUT2D eigenvalue weighted by Crippen LogP contribution is -2.33. The number of halogens is 1. The average molecular weight is 252 g/mol. The number of anilines is 1. The van der Waals surface area contributed by atoms with Crippen LogP contribution in [0.15, 0.2) is 18.2 Å². The molecular weight excluding hydrogens is 235 g/mol. The zero-order valence-corrected chi connectivity index (χ0v) is 10.3. The molecule has 0 saturated carbocycles. The van der Waals surface area contributed by atoms with Gasteiger partial charge in [0.2, 0.25) is 0 Å². The van der Waals surface area contributed by atoms with E-state index in [-0.39, 0.29) is 24.4 Å². The number of hydrogen-bond donors (Lipinski definition) is 2. The molecule has 5 heteroatoms. The van der Waals surface area contributed by atoms with Crippen molar-refractivity contribution in [1.82, 2.24) is 4.90 Å². The second-order valence-corrected chi connectivity index (χ2v) is 4.68. The first-order valence-corrected chi connectivity index (χ1v) is 6.03. The van der Waals surface area contributed by atoms with Crippen LogP contribution in [-0.2, 0) is 0 Å². The van der Waals surface area contributed by atoms with Crippen LogP contribution < -0.4 is 5.32 Å². The molecule has 1 saturated heterocycles. The molecule has 98 valence electrons. The van der Waals surface area contributed by atoms with Crippen molar-refractivity contribution >= 4 is 11.7 Å². The standard InChI is InChI=1S/C13H17FN2O2/c1-9-6-11(2-3-12(9)14)15-13(18)16-5-4-10(7-16)8-17/h2-3,6,10,17H,4-5,7-8H2,1H3,(H,15,18). The Hall–Kier alpha value is -1.62. The SMILES string of the molecule is Cc1cc(NC(=O)N2CCC(CO)C2)ccc1F. The zero-order valence-electron chi connectivity index (χ0n) is 10.3. The van der Waals surface area contributed by atoms with E-state index in [1.54, 1.807) is 24.0 Å². The van der Waals surface area contributed by atoms with Crippen LogP contribution in [0.1, 0.15) is 12.0 Å². The third kappa shape index (κ3) is 2.79. The number of rotatable bonds is 2. The number of carbonyl (C=O) groups excluding carboxylic acids is 1. The van der Waals surface area contributed by atoms with Crippen molar-refractivity contribution in [2.24, 2.45) is 5.92 Å². The summed E-state index contributed by atoms with van der Waals surface area (Å²) < 4.78 is 13.1. The van der Waals surface area contributed by atoms with E-state index < -0.39 is 0 Å². The summed E-state index contributed by atoms with van der Waals surface area (Å²) in [5, 5.41) is 11.8. The molecule has 2 amide bonds. The summed E-state index contributed by atoms with van der Waals surface area (Å²) >= 11 is 0. The number of hydrogen-bond acceptors (Lipinski definition) is 2. The van der Waals surface area contributed by atoms with Crippen LogP contribution >= 0.6 is 0 Å². The minimum absolute atomic E-state index is 0.111. The minimum Gasteiger partial charge on any atom is -0.396 e. The van der Waals surface area contributed by atoms with Gasteiger partial charge in [0.15, 0.2) is 0 Å². The fraction of sp³-hybridized carbons (Fsp3) is 0.462. The average Bonchev–Trinajstić information content (AvgIpc) is 2.82. The highest BCUT2D eigenvalue weighted by Crippen LogP contribution is 2.18. The molecule has 0 aliphatic carbocycles. The molecule has 2 N–H and O–H groups in total. The number of aliphatic hydroxyl groups excluding tert-OH is 1. The van der Waals surface area contributed by atoms with Gasteiger partial charge in [-0.3, -0.25) is 0 Å². The lowest BCUT2D eigenvalue weighted by molar-refractivity contribution is 0.209. The van der Waals surface area contributed by atoms with Gasteiger partial charge in [0.1, 0.15) is 5.82 Å².